The van der Waals surface area contributed by atoms with Crippen LogP contribution in [0.4, 0.5) is 0 Å². The van der Waals surface area contributed by atoms with E-state index in [2.05, 4.69) is 12.6 Å². The molecule has 0 rings (SSSR count). The number of hydrogen-bond acceptors (Lipinski definition) is 2. The van der Waals surface area contributed by atoms with Crippen LogP contribution in [0.3, 0.4) is 0 Å². The van der Waals surface area contributed by atoms with Gasteiger partial charge in [0.05, 0.1) is 0 Å². The summed E-state index contributed by atoms with van der Waals surface area (Å²) >= 11 is 4.28. The molecule has 0 unspecified atom stereocenters. The van der Waals surface area contributed by atoms with Gasteiger partial charge in [-0.1, -0.05) is 161 Å². The van der Waals surface area contributed by atoms with E-state index in [-0.39, 0.29) is 0 Å². The maximum atomic E-state index is 5.53. The van der Waals surface area contributed by atoms with Crippen LogP contribution in [0, 0.1) is 0 Å². The van der Waals surface area contributed by atoms with Crippen LogP contribution in [-0.4, -0.2) is 12.3 Å². The molecule has 2 heteroatoms. The van der Waals surface area contributed by atoms with Crippen molar-refractivity contribution in [1.29, 1.82) is 0 Å². The highest BCUT2D eigenvalue weighted by Gasteiger charge is 1.96. The Hall–Kier alpha value is 0.310. The van der Waals surface area contributed by atoms with Crippen molar-refractivity contribution in [3.05, 3.63) is 0 Å². The summed E-state index contributed by atoms with van der Waals surface area (Å²) in [7, 11) is 0. The van der Waals surface area contributed by atoms with Gasteiger partial charge in [0.15, 0.2) is 0 Å². The molecule has 0 fully saturated rings. The Morgan fingerprint density at radius 2 is 0.419 bits per heavy atom. The van der Waals surface area contributed by atoms with Gasteiger partial charge in [-0.05, 0) is 25.1 Å². The van der Waals surface area contributed by atoms with Crippen LogP contribution >= 0.6 is 12.6 Å². The van der Waals surface area contributed by atoms with E-state index >= 15 is 0 Å². The predicted molar refractivity (Wildman–Crippen MR) is 148 cm³/mol. The molecule has 0 radical (unpaired) electrons. The Labute approximate surface area is 203 Å². The lowest BCUT2D eigenvalue weighted by Gasteiger charge is -2.04. The first-order valence-corrected chi connectivity index (χ1v) is 15.4. The first kappa shape index (κ1) is 31.3. The highest BCUT2D eigenvalue weighted by Crippen LogP contribution is 2.16. The van der Waals surface area contributed by atoms with E-state index in [4.69, 9.17) is 5.73 Å². The zero-order valence-corrected chi connectivity index (χ0v) is 22.4. The Morgan fingerprint density at radius 3 is 0.581 bits per heavy atom. The van der Waals surface area contributed by atoms with Crippen LogP contribution < -0.4 is 5.73 Å². The molecule has 0 aliphatic rings. The minimum Gasteiger partial charge on any atom is -0.330 e. The maximum absolute atomic E-state index is 5.53. The molecule has 0 aromatic heterocycles. The van der Waals surface area contributed by atoms with E-state index < -0.39 is 0 Å². The molecule has 31 heavy (non-hydrogen) atoms. The fourth-order valence-electron chi connectivity index (χ4n) is 4.68. The molecule has 0 aromatic carbocycles. The monoisotopic (exact) mass is 455 g/mol. The van der Waals surface area contributed by atoms with Crippen molar-refractivity contribution < 1.29 is 0 Å². The lowest BCUT2D eigenvalue weighted by molar-refractivity contribution is 0.515. The number of unbranched alkanes of at least 4 members (excludes halogenated alkanes) is 26. The third kappa shape index (κ3) is 30.3. The van der Waals surface area contributed by atoms with Gasteiger partial charge >= 0.3 is 0 Å². The summed E-state index contributed by atoms with van der Waals surface area (Å²) in [6.07, 6.45) is 39.0. The predicted octanol–water partition coefficient (Wildman–Crippen LogP) is 10.4. The number of nitrogens with two attached hydrogens (primary N) is 1. The zero-order chi connectivity index (χ0) is 22.5. The van der Waals surface area contributed by atoms with Crippen molar-refractivity contribution in [3.8, 4) is 0 Å². The third-order valence-electron chi connectivity index (χ3n) is 6.86. The molecule has 1 nitrogen and oxygen atoms in total. The average Bonchev–Trinajstić information content (AvgIpc) is 2.78. The zero-order valence-electron chi connectivity index (χ0n) is 21.5. The molecule has 188 valence electrons. The number of rotatable bonds is 28. The SMILES string of the molecule is NCCCCCCCCCCCCCCCCCCCCCCCCCCCCCS. The van der Waals surface area contributed by atoms with Gasteiger partial charge in [0.1, 0.15) is 0 Å². The largest absolute Gasteiger partial charge is 0.330 e. The molecule has 0 amide bonds. The standard InChI is InChI=1S/C29H61NS/c30-28-26-24-22-20-18-16-14-12-10-8-6-4-2-1-3-5-7-9-11-13-15-17-19-21-23-25-27-29-31/h31H,1-30H2. The van der Waals surface area contributed by atoms with E-state index in [0.717, 1.165) is 12.3 Å². The Bertz CT molecular complexity index is 266. The van der Waals surface area contributed by atoms with E-state index in [1.54, 1.807) is 0 Å². The molecule has 0 aliphatic carbocycles. The minimum atomic E-state index is 0.873. The van der Waals surface area contributed by atoms with Gasteiger partial charge in [-0.25, -0.2) is 0 Å². The summed E-state index contributed by atoms with van der Waals surface area (Å²) in [5.41, 5.74) is 5.53. The van der Waals surface area contributed by atoms with Gasteiger partial charge in [-0.2, -0.15) is 12.6 Å². The normalized spacial score (nSPS) is 11.4. The lowest BCUT2D eigenvalue weighted by atomic mass is 10.0. The summed E-state index contributed by atoms with van der Waals surface area (Å²) in [4.78, 5) is 0. The van der Waals surface area contributed by atoms with Crippen LogP contribution in [0.15, 0.2) is 0 Å². The summed E-state index contributed by atoms with van der Waals surface area (Å²) in [6, 6.07) is 0. The number of hydrogen-bond donors (Lipinski definition) is 2. The van der Waals surface area contributed by atoms with E-state index in [1.807, 2.05) is 0 Å². The molecule has 0 aliphatic heterocycles. The fraction of sp³-hybridized carbons (Fsp3) is 1.00. The molecule has 2 N–H and O–H groups in total. The van der Waals surface area contributed by atoms with Gasteiger partial charge in [-0.15, -0.1) is 0 Å². The molecule has 0 atom stereocenters. The summed E-state index contributed by atoms with van der Waals surface area (Å²) < 4.78 is 0. The average molecular weight is 456 g/mol. The van der Waals surface area contributed by atoms with Crippen LogP contribution in [0.2, 0.25) is 0 Å². The van der Waals surface area contributed by atoms with Crippen LogP contribution in [0.25, 0.3) is 0 Å². The van der Waals surface area contributed by atoms with Crippen molar-refractivity contribution in [2.45, 2.75) is 173 Å². The molecular weight excluding hydrogens is 394 g/mol. The van der Waals surface area contributed by atoms with Gasteiger partial charge in [0.25, 0.3) is 0 Å². The summed E-state index contributed by atoms with van der Waals surface area (Å²) in [5, 5.41) is 0. The Balaban J connectivity index is 2.98. The molecule has 0 spiro atoms. The van der Waals surface area contributed by atoms with Gasteiger partial charge < -0.3 is 5.73 Å². The second kappa shape index (κ2) is 30.3. The van der Waals surface area contributed by atoms with E-state index in [9.17, 15) is 0 Å². The highest BCUT2D eigenvalue weighted by atomic mass is 32.1. The Morgan fingerprint density at radius 1 is 0.258 bits per heavy atom. The minimum absolute atomic E-state index is 0.873. The van der Waals surface area contributed by atoms with Crippen molar-refractivity contribution >= 4 is 12.6 Å². The first-order chi connectivity index (χ1) is 15.4. The van der Waals surface area contributed by atoms with E-state index in [0.29, 0.717) is 0 Å². The summed E-state index contributed by atoms with van der Waals surface area (Å²) in [6.45, 7) is 0.873. The Kier molecular flexibility index (Phi) is 30.6. The van der Waals surface area contributed by atoms with Gasteiger partial charge in [0.2, 0.25) is 0 Å². The van der Waals surface area contributed by atoms with E-state index in [1.165, 1.54) is 173 Å². The van der Waals surface area contributed by atoms with Gasteiger partial charge in [0, 0.05) is 0 Å². The van der Waals surface area contributed by atoms with Gasteiger partial charge in [-0.3, -0.25) is 0 Å². The van der Waals surface area contributed by atoms with Crippen LogP contribution in [-0.2, 0) is 0 Å². The molecule has 0 saturated carbocycles. The van der Waals surface area contributed by atoms with Crippen molar-refractivity contribution in [2.24, 2.45) is 5.73 Å². The molecule has 0 saturated heterocycles. The smallest absolute Gasteiger partial charge is 0.00773 e. The molecule has 0 aromatic rings. The quantitative estimate of drug-likeness (QED) is 0.0890. The summed E-state index contributed by atoms with van der Waals surface area (Å²) in [5.74, 6) is 1.07. The third-order valence-corrected chi connectivity index (χ3v) is 7.18. The molecular formula is C29H61NS. The van der Waals surface area contributed by atoms with Crippen molar-refractivity contribution in [3.63, 3.8) is 0 Å². The fourth-order valence-corrected chi connectivity index (χ4v) is 4.90. The van der Waals surface area contributed by atoms with Crippen molar-refractivity contribution in [2.75, 3.05) is 12.3 Å². The highest BCUT2D eigenvalue weighted by molar-refractivity contribution is 7.80. The molecule has 0 bridgehead atoms. The maximum Gasteiger partial charge on any atom is -0.00773 e. The second-order valence-corrected chi connectivity index (χ2v) is 10.5. The first-order valence-electron chi connectivity index (χ1n) is 14.7. The molecule has 0 heterocycles. The number of thiol groups is 1. The lowest BCUT2D eigenvalue weighted by Crippen LogP contribution is -1.97. The van der Waals surface area contributed by atoms with Crippen LogP contribution in [0.1, 0.15) is 173 Å². The van der Waals surface area contributed by atoms with Crippen LogP contribution in [0.5, 0.6) is 0 Å². The topological polar surface area (TPSA) is 26.0 Å². The second-order valence-electron chi connectivity index (χ2n) is 10.1. The van der Waals surface area contributed by atoms with Crippen molar-refractivity contribution in [1.82, 2.24) is 0 Å².